The molecule has 0 aliphatic heterocycles. The molecule has 30 heavy (non-hydrogen) atoms. The molecule has 1 atom stereocenters. The maximum absolute atomic E-state index is 12.8. The molecule has 3 aromatic rings. The highest BCUT2D eigenvalue weighted by Crippen LogP contribution is 2.46. The third-order valence-corrected chi connectivity index (χ3v) is 5.46. The predicted octanol–water partition coefficient (Wildman–Crippen LogP) is 3.76. The highest BCUT2D eigenvalue weighted by atomic mass is 19.3. The number of ether oxygens (including phenoxy) is 2. The van der Waals surface area contributed by atoms with Gasteiger partial charge in [0.25, 0.3) is 5.56 Å². The molecule has 0 saturated carbocycles. The number of fused-ring (bicyclic) bond motifs is 5. The first-order valence-corrected chi connectivity index (χ1v) is 9.42. The summed E-state index contributed by atoms with van der Waals surface area (Å²) in [6.45, 7) is 3.19. The normalized spacial score (nSPS) is 15.8. The zero-order valence-corrected chi connectivity index (χ0v) is 17.0. The number of nitrogens with zero attached hydrogens (tertiary/aromatic N) is 2. The number of H-pyrrole nitrogens is 1. The van der Waals surface area contributed by atoms with E-state index in [-0.39, 0.29) is 28.3 Å². The molecule has 0 radical (unpaired) electrons. The molecular weight excluding hydrogens is 396 g/mol. The number of hydrogen-bond acceptors (Lipinski definition) is 5. The van der Waals surface area contributed by atoms with Crippen molar-refractivity contribution in [2.75, 3.05) is 7.11 Å². The van der Waals surface area contributed by atoms with Crippen LogP contribution in [0, 0.1) is 5.41 Å². The molecule has 158 valence electrons. The fraction of sp³-hybridized carbons (Fsp3) is 0.381. The maximum atomic E-state index is 12.8. The number of pyridine rings is 2. The molecule has 1 N–H and O–H groups in total. The van der Waals surface area contributed by atoms with Crippen molar-refractivity contribution in [1.29, 1.82) is 0 Å². The van der Waals surface area contributed by atoms with E-state index in [1.165, 1.54) is 13.2 Å². The van der Waals surface area contributed by atoms with Crippen LogP contribution >= 0.6 is 0 Å². The van der Waals surface area contributed by atoms with Gasteiger partial charge in [-0.25, -0.2) is 9.78 Å². The van der Waals surface area contributed by atoms with Crippen LogP contribution in [0.4, 0.5) is 8.78 Å². The second-order valence-corrected chi connectivity index (χ2v) is 8.31. The van der Waals surface area contributed by atoms with Gasteiger partial charge in [0.05, 0.1) is 18.5 Å². The Hall–Kier alpha value is -3.23. The number of imidazole rings is 1. The molecule has 9 heteroatoms. The average Bonchev–Trinajstić information content (AvgIpc) is 3.05. The predicted molar refractivity (Wildman–Crippen MR) is 105 cm³/mol. The van der Waals surface area contributed by atoms with E-state index in [1.807, 2.05) is 0 Å². The van der Waals surface area contributed by atoms with Gasteiger partial charge in [-0.05, 0) is 41.5 Å². The van der Waals surface area contributed by atoms with Crippen LogP contribution in [0.1, 0.15) is 48.3 Å². The Bertz CT molecular complexity index is 1210. The summed E-state index contributed by atoms with van der Waals surface area (Å²) in [5, 5.41) is 0. The lowest BCUT2D eigenvalue weighted by atomic mass is 9.70. The van der Waals surface area contributed by atoms with E-state index in [0.29, 0.717) is 17.8 Å². The highest BCUT2D eigenvalue weighted by molar-refractivity contribution is 5.90. The standard InChI is InChI=1S/C21H21F2N3O4/c1-21(2,3)12-9-13-16(15-10(12)8-11(18(27)25-15)19(28)29-4)24-17-14(30-20(22)23)6-5-7-26(13)17/h5-8,12,20H,9H2,1-4H3,(H,25,27). The molecule has 3 aromatic heterocycles. The minimum absolute atomic E-state index is 0.0516. The van der Waals surface area contributed by atoms with Gasteiger partial charge in [0.15, 0.2) is 11.4 Å². The molecule has 0 spiro atoms. The Labute approximate surface area is 170 Å². The molecule has 1 unspecified atom stereocenters. The number of alkyl halides is 2. The fourth-order valence-electron chi connectivity index (χ4n) is 4.03. The van der Waals surface area contributed by atoms with E-state index >= 15 is 0 Å². The van der Waals surface area contributed by atoms with Gasteiger partial charge in [-0.15, -0.1) is 0 Å². The summed E-state index contributed by atoms with van der Waals surface area (Å²) < 4.78 is 36.8. The lowest BCUT2D eigenvalue weighted by Crippen LogP contribution is -2.29. The summed E-state index contributed by atoms with van der Waals surface area (Å²) in [6.07, 6.45) is 2.27. The van der Waals surface area contributed by atoms with Crippen molar-refractivity contribution in [2.24, 2.45) is 5.41 Å². The van der Waals surface area contributed by atoms with Crippen LogP contribution in [-0.2, 0) is 11.2 Å². The maximum Gasteiger partial charge on any atom is 0.387 e. The van der Waals surface area contributed by atoms with Gasteiger partial charge in [-0.1, -0.05) is 20.8 Å². The topological polar surface area (TPSA) is 85.7 Å². The molecule has 1 aliphatic carbocycles. The molecule has 1 aliphatic rings. The summed E-state index contributed by atoms with van der Waals surface area (Å²) in [7, 11) is 1.22. The van der Waals surface area contributed by atoms with E-state index in [4.69, 9.17) is 4.74 Å². The summed E-state index contributed by atoms with van der Waals surface area (Å²) in [6, 6.07) is 4.59. The van der Waals surface area contributed by atoms with E-state index in [0.717, 1.165) is 11.3 Å². The monoisotopic (exact) mass is 417 g/mol. The largest absolute Gasteiger partial charge is 0.465 e. The minimum atomic E-state index is -2.98. The summed E-state index contributed by atoms with van der Waals surface area (Å²) in [4.78, 5) is 31.9. The van der Waals surface area contributed by atoms with E-state index in [9.17, 15) is 18.4 Å². The van der Waals surface area contributed by atoms with Gasteiger partial charge >= 0.3 is 12.6 Å². The van der Waals surface area contributed by atoms with Crippen LogP contribution in [0.2, 0.25) is 0 Å². The van der Waals surface area contributed by atoms with Crippen molar-refractivity contribution in [2.45, 2.75) is 39.7 Å². The van der Waals surface area contributed by atoms with Crippen LogP contribution in [-0.4, -0.2) is 34.1 Å². The van der Waals surface area contributed by atoms with Gasteiger partial charge in [0, 0.05) is 6.20 Å². The second kappa shape index (κ2) is 6.93. The number of carbonyl (C=O) groups excluding carboxylic acids is 1. The van der Waals surface area contributed by atoms with Crippen molar-refractivity contribution in [3.63, 3.8) is 0 Å². The van der Waals surface area contributed by atoms with Crippen molar-refractivity contribution < 1.29 is 23.0 Å². The van der Waals surface area contributed by atoms with Crippen molar-refractivity contribution >= 4 is 11.6 Å². The van der Waals surface area contributed by atoms with E-state index in [2.05, 4.69) is 35.5 Å². The van der Waals surface area contributed by atoms with Crippen LogP contribution < -0.4 is 10.3 Å². The molecule has 0 aromatic carbocycles. The summed E-state index contributed by atoms with van der Waals surface area (Å²) in [5.74, 6) is -0.843. The molecule has 0 saturated heterocycles. The van der Waals surface area contributed by atoms with Gasteiger partial charge in [-0.3, -0.25) is 4.79 Å². The van der Waals surface area contributed by atoms with Crippen molar-refractivity contribution in [1.82, 2.24) is 14.4 Å². The number of rotatable bonds is 3. The first kappa shape index (κ1) is 20.1. The third kappa shape index (κ3) is 3.14. The summed E-state index contributed by atoms with van der Waals surface area (Å²) >= 11 is 0. The smallest absolute Gasteiger partial charge is 0.387 e. The number of aromatic amines is 1. The van der Waals surface area contributed by atoms with Gasteiger partial charge < -0.3 is 18.9 Å². The second-order valence-electron chi connectivity index (χ2n) is 8.31. The van der Waals surface area contributed by atoms with Crippen LogP contribution in [0.5, 0.6) is 5.75 Å². The van der Waals surface area contributed by atoms with Gasteiger partial charge in [0.2, 0.25) is 0 Å². The lowest BCUT2D eigenvalue weighted by molar-refractivity contribution is -0.0491. The Morgan fingerprint density at radius 2 is 2.10 bits per heavy atom. The van der Waals surface area contributed by atoms with Crippen molar-refractivity contribution in [3.05, 3.63) is 51.6 Å². The van der Waals surface area contributed by atoms with Gasteiger partial charge in [-0.2, -0.15) is 8.78 Å². The zero-order chi connectivity index (χ0) is 21.8. The van der Waals surface area contributed by atoms with E-state index in [1.54, 1.807) is 22.7 Å². The van der Waals surface area contributed by atoms with Crippen LogP contribution in [0.3, 0.4) is 0 Å². The zero-order valence-electron chi connectivity index (χ0n) is 17.0. The molecule has 0 fully saturated rings. The Kier molecular flexibility index (Phi) is 4.63. The molecule has 3 heterocycles. The number of nitrogens with one attached hydrogen (secondary N) is 1. The number of hydrogen-bond donors (Lipinski definition) is 1. The van der Waals surface area contributed by atoms with E-state index < -0.39 is 18.1 Å². The lowest BCUT2D eigenvalue weighted by Gasteiger charge is -2.35. The Morgan fingerprint density at radius 3 is 2.73 bits per heavy atom. The quantitative estimate of drug-likeness (QED) is 0.656. The number of esters is 1. The molecule has 0 bridgehead atoms. The average molecular weight is 417 g/mol. The first-order valence-electron chi connectivity index (χ1n) is 9.42. The Balaban J connectivity index is 2.01. The van der Waals surface area contributed by atoms with Crippen LogP contribution in [0.25, 0.3) is 17.0 Å². The number of aromatic nitrogens is 3. The number of methoxy groups -OCH3 is 1. The molecular formula is C21H21F2N3O4. The SMILES string of the molecule is COC(=O)c1cc2c([nH]c1=O)-c1nc3c(OC(F)F)cccn3c1CC2C(C)(C)C. The van der Waals surface area contributed by atoms with Crippen molar-refractivity contribution in [3.8, 4) is 17.1 Å². The van der Waals surface area contributed by atoms with Gasteiger partial charge in [0.1, 0.15) is 11.3 Å². The number of carbonyl (C=O) groups is 1. The highest BCUT2D eigenvalue weighted by Gasteiger charge is 2.37. The Morgan fingerprint density at radius 1 is 1.37 bits per heavy atom. The number of halogens is 2. The minimum Gasteiger partial charge on any atom is -0.465 e. The fourth-order valence-corrected chi connectivity index (χ4v) is 4.03. The molecule has 7 nitrogen and oxygen atoms in total. The molecule has 4 rings (SSSR count). The first-order chi connectivity index (χ1) is 14.1. The van der Waals surface area contributed by atoms with Crippen LogP contribution in [0.15, 0.2) is 29.2 Å². The third-order valence-electron chi connectivity index (χ3n) is 5.46. The molecule has 0 amide bonds. The summed E-state index contributed by atoms with van der Waals surface area (Å²) in [5.41, 5.74) is 1.82.